The molecule has 0 saturated carbocycles. The summed E-state index contributed by atoms with van der Waals surface area (Å²) in [6, 6.07) is 18.1. The first-order valence-corrected chi connectivity index (χ1v) is 13.2. The van der Waals surface area contributed by atoms with E-state index in [1.807, 2.05) is 43.3 Å². The highest BCUT2D eigenvalue weighted by atomic mass is 32.2. The Labute approximate surface area is 192 Å². The number of fused-ring (bicyclic) bond motifs is 2. The lowest BCUT2D eigenvalue weighted by atomic mass is 10.1. The molecule has 32 heavy (non-hydrogen) atoms. The number of hydrogen-bond donors (Lipinski definition) is 1. The SMILES string of the molecule is Cc1ccc(-c2cc(C(=O)Nc3nc4ccc(S(C)(=O)=O)cc4s3)c3ccccc3n2)s1. The van der Waals surface area contributed by atoms with Gasteiger partial charge in [0.2, 0.25) is 0 Å². The number of aryl methyl sites for hydroxylation is 1. The second kappa shape index (κ2) is 7.77. The number of aromatic nitrogens is 2. The van der Waals surface area contributed by atoms with Crippen LogP contribution in [0.1, 0.15) is 15.2 Å². The minimum Gasteiger partial charge on any atom is -0.298 e. The third-order valence-corrected chi connectivity index (χ3v) is 8.03. The van der Waals surface area contributed by atoms with Crippen molar-refractivity contribution in [3.63, 3.8) is 0 Å². The van der Waals surface area contributed by atoms with Crippen LogP contribution >= 0.6 is 22.7 Å². The van der Waals surface area contributed by atoms with Crippen LogP contribution in [-0.2, 0) is 9.84 Å². The van der Waals surface area contributed by atoms with E-state index in [1.165, 1.54) is 28.5 Å². The number of thiazole rings is 1. The lowest BCUT2D eigenvalue weighted by Gasteiger charge is -2.08. The quantitative estimate of drug-likeness (QED) is 0.366. The molecule has 0 fully saturated rings. The number of carbonyl (C=O) groups is 1. The summed E-state index contributed by atoms with van der Waals surface area (Å²) in [5.41, 5.74) is 2.62. The minimum absolute atomic E-state index is 0.225. The molecular weight excluding hydrogens is 462 g/mol. The number of nitrogens with one attached hydrogen (secondary N) is 1. The van der Waals surface area contributed by atoms with Crippen molar-refractivity contribution >= 4 is 64.7 Å². The van der Waals surface area contributed by atoms with Crippen molar-refractivity contribution in [3.05, 3.63) is 71.1 Å². The molecule has 0 bridgehead atoms. The summed E-state index contributed by atoms with van der Waals surface area (Å²) in [7, 11) is -3.32. The smallest absolute Gasteiger partial charge is 0.258 e. The fourth-order valence-corrected chi connectivity index (χ4v) is 5.87. The number of carbonyl (C=O) groups excluding carboxylic acids is 1. The van der Waals surface area contributed by atoms with Gasteiger partial charge in [-0.25, -0.2) is 18.4 Å². The molecule has 160 valence electrons. The van der Waals surface area contributed by atoms with Gasteiger partial charge in [-0.15, -0.1) is 11.3 Å². The predicted octanol–water partition coefficient (Wildman–Crippen LogP) is 5.54. The summed E-state index contributed by atoms with van der Waals surface area (Å²) >= 11 is 2.87. The van der Waals surface area contributed by atoms with Crippen LogP contribution in [0.15, 0.2) is 65.6 Å². The van der Waals surface area contributed by atoms with Crippen molar-refractivity contribution in [3.8, 4) is 10.6 Å². The Morgan fingerprint density at radius 1 is 0.938 bits per heavy atom. The Morgan fingerprint density at radius 2 is 1.75 bits per heavy atom. The van der Waals surface area contributed by atoms with Gasteiger partial charge in [-0.05, 0) is 49.4 Å². The van der Waals surface area contributed by atoms with Crippen LogP contribution in [-0.4, -0.2) is 30.5 Å². The van der Waals surface area contributed by atoms with E-state index >= 15 is 0 Å². The van der Waals surface area contributed by atoms with Crippen molar-refractivity contribution in [2.45, 2.75) is 11.8 Å². The Hall–Kier alpha value is -3.14. The van der Waals surface area contributed by atoms with Gasteiger partial charge in [0.15, 0.2) is 15.0 Å². The maximum absolute atomic E-state index is 13.3. The van der Waals surface area contributed by atoms with Crippen molar-refractivity contribution in [1.82, 2.24) is 9.97 Å². The van der Waals surface area contributed by atoms with E-state index < -0.39 is 9.84 Å². The Balaban J connectivity index is 1.55. The van der Waals surface area contributed by atoms with Crippen LogP contribution in [0.5, 0.6) is 0 Å². The van der Waals surface area contributed by atoms with Gasteiger partial charge in [-0.2, -0.15) is 0 Å². The molecule has 0 saturated heterocycles. The van der Waals surface area contributed by atoms with E-state index in [-0.39, 0.29) is 10.8 Å². The number of sulfone groups is 1. The van der Waals surface area contributed by atoms with Gasteiger partial charge in [0.05, 0.1) is 36.8 Å². The highest BCUT2D eigenvalue weighted by molar-refractivity contribution is 7.90. The fourth-order valence-electron chi connectivity index (χ4n) is 3.42. The third-order valence-electron chi connectivity index (χ3n) is 4.96. The normalized spacial score (nSPS) is 11.8. The molecule has 0 aliphatic heterocycles. The number of rotatable bonds is 4. The van der Waals surface area contributed by atoms with Crippen molar-refractivity contribution in [2.24, 2.45) is 0 Å². The van der Waals surface area contributed by atoms with Gasteiger partial charge in [-0.3, -0.25) is 10.1 Å². The summed E-state index contributed by atoms with van der Waals surface area (Å²) in [5.74, 6) is -0.291. The molecule has 0 unspecified atom stereocenters. The maximum Gasteiger partial charge on any atom is 0.258 e. The van der Waals surface area contributed by atoms with Crippen LogP contribution in [0.4, 0.5) is 5.13 Å². The molecule has 1 N–H and O–H groups in total. The molecule has 9 heteroatoms. The Kier molecular flexibility index (Phi) is 5.04. The molecule has 6 nitrogen and oxygen atoms in total. The first kappa shape index (κ1) is 20.7. The minimum atomic E-state index is -3.32. The van der Waals surface area contributed by atoms with Gasteiger partial charge in [0.1, 0.15) is 0 Å². The molecule has 0 radical (unpaired) electrons. The second-order valence-corrected chi connectivity index (χ2v) is 11.7. The van der Waals surface area contributed by atoms with E-state index in [0.29, 0.717) is 20.9 Å². The average molecular weight is 480 g/mol. The largest absolute Gasteiger partial charge is 0.298 e. The Morgan fingerprint density at radius 3 is 2.50 bits per heavy atom. The van der Waals surface area contributed by atoms with E-state index in [1.54, 1.807) is 29.5 Å². The lowest BCUT2D eigenvalue weighted by Crippen LogP contribution is -2.12. The predicted molar refractivity (Wildman–Crippen MR) is 130 cm³/mol. The van der Waals surface area contributed by atoms with Gasteiger partial charge >= 0.3 is 0 Å². The summed E-state index contributed by atoms with van der Waals surface area (Å²) in [6.45, 7) is 2.03. The van der Waals surface area contributed by atoms with E-state index in [0.717, 1.165) is 21.5 Å². The number of nitrogens with zero attached hydrogens (tertiary/aromatic N) is 2. The molecule has 0 aliphatic carbocycles. The van der Waals surface area contributed by atoms with Crippen molar-refractivity contribution < 1.29 is 13.2 Å². The van der Waals surface area contributed by atoms with E-state index in [4.69, 9.17) is 4.98 Å². The second-order valence-electron chi connectivity index (χ2n) is 7.36. The zero-order valence-corrected chi connectivity index (χ0v) is 19.6. The molecule has 1 amide bonds. The zero-order chi connectivity index (χ0) is 22.5. The molecular formula is C23H17N3O3S3. The maximum atomic E-state index is 13.3. The molecule has 0 aliphatic rings. The number of hydrogen-bond acceptors (Lipinski definition) is 7. The van der Waals surface area contributed by atoms with Gasteiger partial charge in [0, 0.05) is 16.5 Å². The summed E-state index contributed by atoms with van der Waals surface area (Å²) in [4.78, 5) is 24.8. The molecule has 2 aromatic carbocycles. The number of amides is 1. The number of pyridine rings is 1. The number of para-hydroxylation sites is 1. The Bertz CT molecular complexity index is 1620. The molecule has 3 aromatic heterocycles. The fraction of sp³-hybridized carbons (Fsp3) is 0.0870. The molecule has 5 aromatic rings. The van der Waals surface area contributed by atoms with E-state index in [9.17, 15) is 13.2 Å². The molecule has 5 rings (SSSR count). The topological polar surface area (TPSA) is 89.0 Å². The molecule has 0 atom stereocenters. The first-order chi connectivity index (χ1) is 15.3. The van der Waals surface area contributed by atoms with Crippen LogP contribution in [0.25, 0.3) is 31.7 Å². The van der Waals surface area contributed by atoms with Crippen LogP contribution in [0.2, 0.25) is 0 Å². The van der Waals surface area contributed by atoms with Gasteiger partial charge in [-0.1, -0.05) is 29.5 Å². The number of benzene rings is 2. The van der Waals surface area contributed by atoms with Crippen LogP contribution < -0.4 is 5.32 Å². The highest BCUT2D eigenvalue weighted by Crippen LogP contribution is 2.32. The van der Waals surface area contributed by atoms with Crippen LogP contribution in [0, 0.1) is 6.92 Å². The van der Waals surface area contributed by atoms with Crippen LogP contribution in [0.3, 0.4) is 0 Å². The average Bonchev–Trinajstić information content (AvgIpc) is 3.37. The number of thiophene rings is 1. The molecule has 0 spiro atoms. The first-order valence-electron chi connectivity index (χ1n) is 9.66. The van der Waals surface area contributed by atoms with Gasteiger partial charge in [0.25, 0.3) is 5.91 Å². The monoisotopic (exact) mass is 479 g/mol. The van der Waals surface area contributed by atoms with Gasteiger partial charge < -0.3 is 0 Å². The molecule has 3 heterocycles. The zero-order valence-electron chi connectivity index (χ0n) is 17.1. The van der Waals surface area contributed by atoms with Crippen molar-refractivity contribution in [1.29, 1.82) is 0 Å². The highest BCUT2D eigenvalue weighted by Gasteiger charge is 2.17. The lowest BCUT2D eigenvalue weighted by molar-refractivity contribution is 0.102. The standard InChI is InChI=1S/C23H17N3O3S3/c1-13-7-10-20(30-13)19-12-16(15-5-3-4-6-17(15)24-19)22(27)26-23-25-18-9-8-14(32(2,28)29)11-21(18)31-23/h3-12H,1-2H3,(H,25,26,27). The summed E-state index contributed by atoms with van der Waals surface area (Å²) < 4.78 is 24.4. The van der Waals surface area contributed by atoms with E-state index in [2.05, 4.69) is 10.3 Å². The summed E-state index contributed by atoms with van der Waals surface area (Å²) in [5, 5.41) is 4.04. The number of anilines is 1. The summed E-state index contributed by atoms with van der Waals surface area (Å²) in [6.07, 6.45) is 1.17. The van der Waals surface area contributed by atoms with Crippen molar-refractivity contribution in [2.75, 3.05) is 11.6 Å². The third kappa shape index (κ3) is 3.90.